The maximum atomic E-state index is 13.9. The van der Waals surface area contributed by atoms with E-state index >= 15 is 0 Å². The van der Waals surface area contributed by atoms with E-state index in [9.17, 15) is 22.4 Å². The van der Waals surface area contributed by atoms with Gasteiger partial charge in [0.2, 0.25) is 11.8 Å². The fourth-order valence-corrected chi connectivity index (χ4v) is 4.86. The van der Waals surface area contributed by atoms with E-state index in [1.165, 1.54) is 23.1 Å². The smallest absolute Gasteiger partial charge is 0.250 e. The summed E-state index contributed by atoms with van der Waals surface area (Å²) >= 11 is 0. The number of carbonyl (C=O) groups is 2. The Morgan fingerprint density at radius 2 is 1.89 bits per heavy atom. The lowest BCUT2D eigenvalue weighted by Crippen LogP contribution is -2.53. The molecule has 0 fully saturated rings. The number of anilines is 1. The van der Waals surface area contributed by atoms with Gasteiger partial charge in [0.05, 0.1) is 22.8 Å². The van der Waals surface area contributed by atoms with Crippen molar-refractivity contribution in [2.45, 2.75) is 42.8 Å². The highest BCUT2D eigenvalue weighted by molar-refractivity contribution is 7.90. The number of pyridine rings is 1. The number of nitrogens with two attached hydrogens (primary N) is 1. The Kier molecular flexibility index (Phi) is 7.46. The Labute approximate surface area is 209 Å². The van der Waals surface area contributed by atoms with Gasteiger partial charge < -0.3 is 16.0 Å². The Bertz CT molecular complexity index is 1380. The van der Waals surface area contributed by atoms with E-state index in [1.54, 1.807) is 48.7 Å². The fourth-order valence-electron chi connectivity index (χ4n) is 4.23. The number of nitrogens with zero attached hydrogens (tertiary/aromatic N) is 2. The summed E-state index contributed by atoms with van der Waals surface area (Å²) in [4.78, 5) is 32.2. The zero-order valence-electron chi connectivity index (χ0n) is 19.7. The van der Waals surface area contributed by atoms with Gasteiger partial charge in [0.1, 0.15) is 11.9 Å². The van der Waals surface area contributed by atoms with Crippen molar-refractivity contribution in [2.24, 2.45) is 5.73 Å². The van der Waals surface area contributed by atoms with E-state index in [2.05, 4.69) is 10.3 Å². The van der Waals surface area contributed by atoms with Crippen molar-refractivity contribution < 1.29 is 22.4 Å². The summed E-state index contributed by atoms with van der Waals surface area (Å²) < 4.78 is 37.4. The van der Waals surface area contributed by atoms with Crippen molar-refractivity contribution in [2.75, 3.05) is 11.2 Å². The highest BCUT2D eigenvalue weighted by Crippen LogP contribution is 2.28. The predicted molar refractivity (Wildman–Crippen MR) is 133 cm³/mol. The third kappa shape index (κ3) is 5.95. The average Bonchev–Trinajstić information content (AvgIpc) is 2.83. The minimum atomic E-state index is -3.34. The highest BCUT2D eigenvalue weighted by Gasteiger charge is 2.34. The van der Waals surface area contributed by atoms with Gasteiger partial charge in [-0.3, -0.25) is 14.6 Å². The molecule has 10 heteroatoms. The second kappa shape index (κ2) is 10.5. The van der Waals surface area contributed by atoms with Crippen molar-refractivity contribution in [1.82, 2.24) is 10.3 Å². The maximum absolute atomic E-state index is 13.9. The largest absolute Gasteiger partial charge is 0.344 e. The van der Waals surface area contributed by atoms with Crippen LogP contribution in [0.4, 0.5) is 10.1 Å². The van der Waals surface area contributed by atoms with Crippen LogP contribution in [0.25, 0.3) is 0 Å². The molecule has 0 bridgehead atoms. The number of fused-ring (bicyclic) bond motifs is 1. The molecule has 0 spiro atoms. The predicted octanol–water partition coefficient (Wildman–Crippen LogP) is 2.16. The number of sulfone groups is 1. The Morgan fingerprint density at radius 1 is 1.17 bits per heavy atom. The fraction of sp³-hybridized carbons (Fsp3) is 0.269. The second-order valence-electron chi connectivity index (χ2n) is 8.89. The van der Waals surface area contributed by atoms with Crippen LogP contribution < -0.4 is 16.0 Å². The van der Waals surface area contributed by atoms with Gasteiger partial charge in [-0.1, -0.05) is 30.3 Å². The van der Waals surface area contributed by atoms with E-state index in [4.69, 9.17) is 5.73 Å². The number of carbonyl (C=O) groups excluding carboxylic acids is 2. The minimum Gasteiger partial charge on any atom is -0.344 e. The standard InChI is InChI=1S/C26H27FN4O4S/c1-36(34,35)20-10-8-17(9-11-20)16-31-24-7-4-12-29-22(24)15-23(26(31)33)30-25(32)14-19(28)13-18-5-2-3-6-21(18)27/h2-12,19,23H,13-16,28H2,1H3,(H,30,32)/t19-,23?/m1/s1. The number of rotatable bonds is 8. The molecule has 2 amide bonds. The van der Waals surface area contributed by atoms with Crippen LogP contribution in [0.3, 0.4) is 0 Å². The van der Waals surface area contributed by atoms with Crippen LogP contribution in [0.15, 0.2) is 71.8 Å². The Hall–Kier alpha value is -3.63. The van der Waals surface area contributed by atoms with Gasteiger partial charge in [-0.25, -0.2) is 12.8 Å². The molecule has 4 rings (SSSR count). The van der Waals surface area contributed by atoms with E-state index in [0.29, 0.717) is 16.9 Å². The third-order valence-electron chi connectivity index (χ3n) is 6.03. The molecule has 8 nitrogen and oxygen atoms in total. The molecule has 2 aromatic carbocycles. The lowest BCUT2D eigenvalue weighted by molar-refractivity contribution is -0.128. The molecule has 0 saturated heterocycles. The molecule has 2 atom stereocenters. The van der Waals surface area contributed by atoms with Crippen LogP contribution in [0.5, 0.6) is 0 Å². The van der Waals surface area contributed by atoms with Gasteiger partial charge in [0, 0.05) is 31.3 Å². The number of aromatic nitrogens is 1. The van der Waals surface area contributed by atoms with Gasteiger partial charge in [0.25, 0.3) is 0 Å². The molecule has 0 aliphatic carbocycles. The summed E-state index contributed by atoms with van der Waals surface area (Å²) in [5.74, 6) is -1.09. The summed E-state index contributed by atoms with van der Waals surface area (Å²) in [6.07, 6.45) is 3.11. The number of hydrogen-bond acceptors (Lipinski definition) is 6. The van der Waals surface area contributed by atoms with Crippen molar-refractivity contribution in [3.63, 3.8) is 0 Å². The molecule has 36 heavy (non-hydrogen) atoms. The Morgan fingerprint density at radius 3 is 2.58 bits per heavy atom. The molecule has 1 aliphatic heterocycles. The van der Waals surface area contributed by atoms with Crippen LogP contribution in [0, 0.1) is 5.82 Å². The molecule has 188 valence electrons. The quantitative estimate of drug-likeness (QED) is 0.479. The lowest BCUT2D eigenvalue weighted by Gasteiger charge is -2.34. The molecule has 1 aromatic heterocycles. The minimum absolute atomic E-state index is 0.0693. The maximum Gasteiger partial charge on any atom is 0.250 e. The van der Waals surface area contributed by atoms with Crippen LogP contribution in [-0.4, -0.2) is 43.6 Å². The average molecular weight is 511 g/mol. The van der Waals surface area contributed by atoms with Crippen LogP contribution >= 0.6 is 0 Å². The SMILES string of the molecule is CS(=O)(=O)c1ccc(CN2C(=O)C(NC(=O)C[C@H](N)Cc3ccccc3F)Cc3ncccc32)cc1. The summed E-state index contributed by atoms with van der Waals surface area (Å²) in [6.45, 7) is 0.181. The van der Waals surface area contributed by atoms with Gasteiger partial charge in [-0.15, -0.1) is 0 Å². The lowest BCUT2D eigenvalue weighted by atomic mass is 9.99. The number of hydrogen-bond donors (Lipinski definition) is 2. The van der Waals surface area contributed by atoms with Crippen molar-refractivity contribution in [3.8, 4) is 0 Å². The summed E-state index contributed by atoms with van der Waals surface area (Å²) in [5.41, 5.74) is 8.53. The number of amides is 2. The number of halogens is 1. The molecule has 0 radical (unpaired) electrons. The van der Waals surface area contributed by atoms with Crippen molar-refractivity contribution in [3.05, 3.63) is 89.5 Å². The van der Waals surface area contributed by atoms with Crippen LogP contribution in [0.2, 0.25) is 0 Å². The van der Waals surface area contributed by atoms with Gasteiger partial charge in [-0.05, 0) is 47.9 Å². The van der Waals surface area contributed by atoms with Gasteiger partial charge >= 0.3 is 0 Å². The summed E-state index contributed by atoms with van der Waals surface area (Å²) in [5, 5.41) is 2.76. The molecule has 1 unspecified atom stereocenters. The highest BCUT2D eigenvalue weighted by atomic mass is 32.2. The van der Waals surface area contributed by atoms with Gasteiger partial charge in [0.15, 0.2) is 9.84 Å². The zero-order chi connectivity index (χ0) is 25.9. The molecule has 3 aromatic rings. The normalized spacial score (nSPS) is 16.4. The summed E-state index contributed by atoms with van der Waals surface area (Å²) in [6, 6.07) is 14.6. The first-order chi connectivity index (χ1) is 17.1. The van der Waals surface area contributed by atoms with Crippen molar-refractivity contribution >= 4 is 27.3 Å². The molecule has 2 heterocycles. The van der Waals surface area contributed by atoms with Crippen molar-refractivity contribution in [1.29, 1.82) is 0 Å². The second-order valence-corrected chi connectivity index (χ2v) is 10.9. The van der Waals surface area contributed by atoms with E-state index in [0.717, 1.165) is 11.8 Å². The third-order valence-corrected chi connectivity index (χ3v) is 7.16. The van der Waals surface area contributed by atoms with Gasteiger partial charge in [-0.2, -0.15) is 0 Å². The Balaban J connectivity index is 1.47. The first-order valence-electron chi connectivity index (χ1n) is 11.4. The number of benzene rings is 2. The molecular weight excluding hydrogens is 483 g/mol. The molecule has 0 saturated carbocycles. The molecule has 3 N–H and O–H groups in total. The molecule has 1 aliphatic rings. The van der Waals surface area contributed by atoms with E-state index in [-0.39, 0.29) is 42.4 Å². The molecular formula is C26H27FN4O4S. The monoisotopic (exact) mass is 510 g/mol. The van der Waals surface area contributed by atoms with Crippen LogP contribution in [0.1, 0.15) is 23.2 Å². The zero-order valence-corrected chi connectivity index (χ0v) is 20.5. The van der Waals surface area contributed by atoms with Crippen LogP contribution in [-0.2, 0) is 38.8 Å². The summed E-state index contributed by atoms with van der Waals surface area (Å²) in [7, 11) is -3.34. The first-order valence-corrected chi connectivity index (χ1v) is 13.3. The van der Waals surface area contributed by atoms with E-state index in [1.807, 2.05) is 0 Å². The number of nitrogens with one attached hydrogen (secondary N) is 1. The van der Waals surface area contributed by atoms with E-state index < -0.39 is 27.8 Å². The topological polar surface area (TPSA) is 122 Å². The first kappa shape index (κ1) is 25.5.